The van der Waals surface area contributed by atoms with Crippen LogP contribution in [0.1, 0.15) is 35.7 Å². The van der Waals surface area contributed by atoms with Gasteiger partial charge in [-0.25, -0.2) is 9.69 Å². The lowest BCUT2D eigenvalue weighted by molar-refractivity contribution is -0.120. The number of imide groups is 1. The highest BCUT2D eigenvalue weighted by Crippen LogP contribution is 2.31. The number of halogens is 1. The Labute approximate surface area is 161 Å². The summed E-state index contributed by atoms with van der Waals surface area (Å²) < 4.78 is 0. The average Bonchev–Trinajstić information content (AvgIpc) is 2.85. The van der Waals surface area contributed by atoms with Gasteiger partial charge in [0, 0.05) is 5.69 Å². The Balaban J connectivity index is 1.88. The SMILES string of the molecule is CC(C)c1ccc(N2C(=O)C(Cl)=C(Nc3cccc(C(=O)O)c3)C2=O)cc1. The molecule has 27 heavy (non-hydrogen) atoms. The molecule has 2 aromatic rings. The number of hydrogen-bond acceptors (Lipinski definition) is 4. The number of amides is 2. The van der Waals surface area contributed by atoms with Gasteiger partial charge in [0.15, 0.2) is 0 Å². The van der Waals surface area contributed by atoms with Gasteiger partial charge >= 0.3 is 5.97 Å². The highest BCUT2D eigenvalue weighted by atomic mass is 35.5. The molecule has 2 aromatic carbocycles. The van der Waals surface area contributed by atoms with Gasteiger partial charge in [-0.2, -0.15) is 0 Å². The van der Waals surface area contributed by atoms with Crippen LogP contribution in [-0.4, -0.2) is 22.9 Å². The quantitative estimate of drug-likeness (QED) is 0.762. The van der Waals surface area contributed by atoms with Crippen LogP contribution in [0.5, 0.6) is 0 Å². The van der Waals surface area contributed by atoms with E-state index in [1.165, 1.54) is 18.2 Å². The molecule has 0 radical (unpaired) electrons. The van der Waals surface area contributed by atoms with E-state index in [0.717, 1.165) is 10.5 Å². The van der Waals surface area contributed by atoms with Crippen molar-refractivity contribution in [3.63, 3.8) is 0 Å². The van der Waals surface area contributed by atoms with Crippen LogP contribution in [0.2, 0.25) is 0 Å². The number of benzene rings is 2. The zero-order chi connectivity index (χ0) is 19.7. The minimum absolute atomic E-state index is 0.0506. The van der Waals surface area contributed by atoms with Crippen molar-refractivity contribution < 1.29 is 19.5 Å². The summed E-state index contributed by atoms with van der Waals surface area (Å²) in [5.74, 6) is -2.00. The summed E-state index contributed by atoms with van der Waals surface area (Å²) >= 11 is 6.09. The lowest BCUT2D eigenvalue weighted by Gasteiger charge is -2.16. The van der Waals surface area contributed by atoms with Gasteiger partial charge in [-0.15, -0.1) is 0 Å². The van der Waals surface area contributed by atoms with Crippen molar-refractivity contribution in [1.82, 2.24) is 0 Å². The van der Waals surface area contributed by atoms with Crippen molar-refractivity contribution in [2.24, 2.45) is 0 Å². The Morgan fingerprint density at radius 3 is 2.33 bits per heavy atom. The van der Waals surface area contributed by atoms with Gasteiger partial charge in [-0.3, -0.25) is 9.59 Å². The van der Waals surface area contributed by atoms with Crippen LogP contribution in [0.25, 0.3) is 0 Å². The van der Waals surface area contributed by atoms with Crippen LogP contribution in [0, 0.1) is 0 Å². The summed E-state index contributed by atoms with van der Waals surface area (Å²) in [5, 5.41) is 11.6. The van der Waals surface area contributed by atoms with E-state index in [1.807, 2.05) is 26.0 Å². The number of anilines is 2. The number of carbonyl (C=O) groups is 3. The molecule has 1 aliphatic heterocycles. The topological polar surface area (TPSA) is 86.7 Å². The third-order valence-corrected chi connectivity index (χ3v) is 4.57. The second-order valence-corrected chi connectivity index (χ2v) is 6.77. The summed E-state index contributed by atoms with van der Waals surface area (Å²) in [6.45, 7) is 4.10. The van der Waals surface area contributed by atoms with E-state index in [9.17, 15) is 14.4 Å². The Kier molecular flexibility index (Phi) is 5.01. The second-order valence-electron chi connectivity index (χ2n) is 6.39. The fraction of sp³-hybridized carbons (Fsp3) is 0.150. The number of nitrogens with zero attached hydrogens (tertiary/aromatic N) is 1. The van der Waals surface area contributed by atoms with Crippen LogP contribution in [0.15, 0.2) is 59.3 Å². The number of carboxylic acid groups (broad SMARTS) is 1. The first-order valence-electron chi connectivity index (χ1n) is 8.28. The molecule has 3 rings (SSSR count). The predicted molar refractivity (Wildman–Crippen MR) is 103 cm³/mol. The maximum absolute atomic E-state index is 12.8. The number of carboxylic acids is 1. The molecular weight excluding hydrogens is 368 g/mol. The molecule has 0 saturated heterocycles. The first-order valence-corrected chi connectivity index (χ1v) is 8.66. The number of aromatic carboxylic acids is 1. The van der Waals surface area contributed by atoms with E-state index in [-0.39, 0.29) is 16.3 Å². The minimum atomic E-state index is -1.10. The van der Waals surface area contributed by atoms with Gasteiger partial charge in [-0.05, 0) is 41.8 Å². The molecular formula is C20H17ClN2O4. The first kappa shape index (κ1) is 18.7. The molecule has 0 unspecified atom stereocenters. The highest BCUT2D eigenvalue weighted by molar-refractivity contribution is 6.53. The largest absolute Gasteiger partial charge is 0.478 e. The lowest BCUT2D eigenvalue weighted by atomic mass is 10.0. The smallest absolute Gasteiger partial charge is 0.335 e. The van der Waals surface area contributed by atoms with Crippen molar-refractivity contribution in [3.05, 3.63) is 70.4 Å². The molecule has 0 bridgehead atoms. The number of rotatable bonds is 5. The summed E-state index contributed by atoms with van der Waals surface area (Å²) in [5.41, 5.74) is 1.82. The highest BCUT2D eigenvalue weighted by Gasteiger charge is 2.39. The van der Waals surface area contributed by atoms with Crippen molar-refractivity contribution >= 4 is 40.8 Å². The van der Waals surface area contributed by atoms with E-state index in [2.05, 4.69) is 5.32 Å². The molecule has 0 atom stereocenters. The van der Waals surface area contributed by atoms with Gasteiger partial charge in [0.2, 0.25) is 0 Å². The Hall–Kier alpha value is -3.12. The fourth-order valence-corrected chi connectivity index (χ4v) is 2.94. The summed E-state index contributed by atoms with van der Waals surface area (Å²) in [6.07, 6.45) is 0. The molecule has 6 nitrogen and oxygen atoms in total. The average molecular weight is 385 g/mol. The van der Waals surface area contributed by atoms with E-state index in [0.29, 0.717) is 17.3 Å². The molecule has 0 aliphatic carbocycles. The summed E-state index contributed by atoms with van der Waals surface area (Å²) in [7, 11) is 0. The first-order chi connectivity index (χ1) is 12.8. The summed E-state index contributed by atoms with van der Waals surface area (Å²) in [6, 6.07) is 13.0. The maximum Gasteiger partial charge on any atom is 0.335 e. The number of carbonyl (C=O) groups excluding carboxylic acids is 2. The van der Waals surface area contributed by atoms with Gasteiger partial charge in [0.25, 0.3) is 11.8 Å². The Morgan fingerprint density at radius 1 is 1.07 bits per heavy atom. The molecule has 0 aromatic heterocycles. The third kappa shape index (κ3) is 3.57. The molecule has 0 spiro atoms. The molecule has 1 aliphatic rings. The molecule has 2 N–H and O–H groups in total. The summed E-state index contributed by atoms with van der Waals surface area (Å²) in [4.78, 5) is 37.3. The molecule has 2 amide bonds. The van der Waals surface area contributed by atoms with E-state index in [1.54, 1.807) is 18.2 Å². The predicted octanol–water partition coefficient (Wildman–Crippen LogP) is 3.94. The standard InChI is InChI=1S/C20H17ClN2O4/c1-11(2)12-6-8-15(9-7-12)23-18(24)16(21)17(19(23)25)22-14-5-3-4-13(10-14)20(26)27/h3-11,22H,1-2H3,(H,26,27). The van der Waals surface area contributed by atoms with Gasteiger partial charge < -0.3 is 10.4 Å². The lowest BCUT2D eigenvalue weighted by Crippen LogP contribution is -2.32. The third-order valence-electron chi connectivity index (χ3n) is 4.22. The van der Waals surface area contributed by atoms with Crippen LogP contribution in [-0.2, 0) is 9.59 Å². The maximum atomic E-state index is 12.8. The second kappa shape index (κ2) is 7.25. The van der Waals surface area contributed by atoms with E-state index in [4.69, 9.17) is 16.7 Å². The van der Waals surface area contributed by atoms with E-state index >= 15 is 0 Å². The van der Waals surface area contributed by atoms with Crippen molar-refractivity contribution in [2.75, 3.05) is 10.2 Å². The zero-order valence-electron chi connectivity index (χ0n) is 14.7. The normalized spacial score (nSPS) is 14.3. The van der Waals surface area contributed by atoms with Crippen LogP contribution >= 0.6 is 11.6 Å². The van der Waals surface area contributed by atoms with Gasteiger partial charge in [-0.1, -0.05) is 43.6 Å². The van der Waals surface area contributed by atoms with Crippen molar-refractivity contribution in [3.8, 4) is 0 Å². The Morgan fingerprint density at radius 2 is 1.74 bits per heavy atom. The van der Waals surface area contributed by atoms with E-state index < -0.39 is 17.8 Å². The molecule has 0 saturated carbocycles. The molecule has 1 heterocycles. The zero-order valence-corrected chi connectivity index (χ0v) is 15.4. The fourth-order valence-electron chi connectivity index (χ4n) is 2.73. The molecule has 7 heteroatoms. The molecule has 138 valence electrons. The monoisotopic (exact) mass is 384 g/mol. The number of nitrogens with one attached hydrogen (secondary N) is 1. The van der Waals surface area contributed by atoms with Crippen LogP contribution in [0.4, 0.5) is 11.4 Å². The van der Waals surface area contributed by atoms with Crippen LogP contribution in [0.3, 0.4) is 0 Å². The van der Waals surface area contributed by atoms with Gasteiger partial charge in [0.05, 0.1) is 11.3 Å². The number of hydrogen-bond donors (Lipinski definition) is 2. The molecule has 0 fully saturated rings. The van der Waals surface area contributed by atoms with Crippen LogP contribution < -0.4 is 10.2 Å². The van der Waals surface area contributed by atoms with Crippen molar-refractivity contribution in [1.29, 1.82) is 0 Å². The minimum Gasteiger partial charge on any atom is -0.478 e. The Bertz CT molecular complexity index is 964. The van der Waals surface area contributed by atoms with Gasteiger partial charge in [0.1, 0.15) is 10.7 Å². The van der Waals surface area contributed by atoms with Crippen molar-refractivity contribution in [2.45, 2.75) is 19.8 Å².